The van der Waals surface area contributed by atoms with Crippen LogP contribution in [0.25, 0.3) is 10.9 Å². The lowest BCUT2D eigenvalue weighted by molar-refractivity contribution is 0.0787. The third-order valence-electron chi connectivity index (χ3n) is 5.21. The molecule has 1 fully saturated rings. The predicted octanol–water partition coefficient (Wildman–Crippen LogP) is 2.55. The molecule has 144 valence electrons. The van der Waals surface area contributed by atoms with Crippen molar-refractivity contribution < 1.29 is 4.79 Å². The highest BCUT2D eigenvalue weighted by Crippen LogP contribution is 2.23. The summed E-state index contributed by atoms with van der Waals surface area (Å²) in [6.45, 7) is 1.96. The lowest BCUT2D eigenvalue weighted by atomic mass is 10.1. The van der Waals surface area contributed by atoms with Gasteiger partial charge in [-0.3, -0.25) is 14.2 Å². The third-order valence-corrected chi connectivity index (χ3v) is 5.21. The van der Waals surface area contributed by atoms with Gasteiger partial charge < -0.3 is 9.80 Å². The molecule has 0 aliphatic carbocycles. The molecule has 0 N–H and O–H groups in total. The van der Waals surface area contributed by atoms with Crippen LogP contribution >= 0.6 is 0 Å². The second-order valence-electron chi connectivity index (χ2n) is 7.61. The number of likely N-dealkylation sites (tertiary alicyclic amines) is 1. The Morgan fingerprint density at radius 1 is 1.18 bits per heavy atom. The lowest BCUT2D eigenvalue weighted by Gasteiger charge is -2.18. The van der Waals surface area contributed by atoms with Crippen LogP contribution in [0.15, 0.2) is 59.7 Å². The molecule has 1 aromatic heterocycles. The van der Waals surface area contributed by atoms with Crippen LogP contribution in [0.4, 0.5) is 0 Å². The summed E-state index contributed by atoms with van der Waals surface area (Å²) >= 11 is 0. The first kappa shape index (κ1) is 18.4. The van der Waals surface area contributed by atoms with E-state index in [4.69, 9.17) is 0 Å². The molecule has 3 aromatic rings. The number of para-hydroxylation sites is 1. The molecule has 0 saturated carbocycles. The summed E-state index contributed by atoms with van der Waals surface area (Å²) in [7, 11) is 4.02. The fourth-order valence-corrected chi connectivity index (χ4v) is 3.85. The van der Waals surface area contributed by atoms with Crippen LogP contribution < -0.4 is 5.56 Å². The van der Waals surface area contributed by atoms with Crippen molar-refractivity contribution in [3.63, 3.8) is 0 Å². The Morgan fingerprint density at radius 3 is 2.82 bits per heavy atom. The zero-order valence-corrected chi connectivity index (χ0v) is 16.2. The average molecular weight is 376 g/mol. The largest absolute Gasteiger partial charge is 0.336 e. The molecule has 2 heterocycles. The van der Waals surface area contributed by atoms with Crippen LogP contribution in [-0.4, -0.2) is 52.4 Å². The van der Waals surface area contributed by atoms with E-state index >= 15 is 0 Å². The Morgan fingerprint density at radius 2 is 2.00 bits per heavy atom. The Bertz CT molecular complexity index is 1070. The highest BCUT2D eigenvalue weighted by atomic mass is 16.2. The Kier molecular flexibility index (Phi) is 4.96. The van der Waals surface area contributed by atoms with E-state index in [1.165, 1.54) is 0 Å². The van der Waals surface area contributed by atoms with Crippen LogP contribution in [0, 0.1) is 0 Å². The molecular weight excluding hydrogens is 352 g/mol. The number of amides is 1. The van der Waals surface area contributed by atoms with Gasteiger partial charge in [0.15, 0.2) is 0 Å². The number of fused-ring (bicyclic) bond motifs is 1. The number of hydrogen-bond donors (Lipinski definition) is 0. The van der Waals surface area contributed by atoms with E-state index in [2.05, 4.69) is 9.88 Å². The van der Waals surface area contributed by atoms with Gasteiger partial charge in [0.25, 0.3) is 11.5 Å². The molecule has 1 atom stereocenters. The number of carbonyl (C=O) groups excluding carboxylic acids is 1. The molecular formula is C22H24N4O2. The Hall–Kier alpha value is -2.99. The average Bonchev–Trinajstić information content (AvgIpc) is 3.17. The quantitative estimate of drug-likeness (QED) is 0.702. The van der Waals surface area contributed by atoms with Crippen molar-refractivity contribution in [2.75, 3.05) is 27.2 Å². The van der Waals surface area contributed by atoms with E-state index in [0.717, 1.165) is 18.5 Å². The van der Waals surface area contributed by atoms with Crippen LogP contribution in [-0.2, 0) is 6.54 Å². The van der Waals surface area contributed by atoms with Crippen molar-refractivity contribution in [2.24, 2.45) is 0 Å². The van der Waals surface area contributed by atoms with Crippen molar-refractivity contribution in [1.29, 1.82) is 0 Å². The molecule has 6 nitrogen and oxygen atoms in total. The molecule has 28 heavy (non-hydrogen) atoms. The summed E-state index contributed by atoms with van der Waals surface area (Å²) in [5.41, 5.74) is 2.47. The second kappa shape index (κ2) is 7.56. The number of carbonyl (C=O) groups is 1. The molecule has 0 spiro atoms. The number of hydrogen-bond acceptors (Lipinski definition) is 4. The molecule has 0 radical (unpaired) electrons. The van der Waals surface area contributed by atoms with Gasteiger partial charge >= 0.3 is 0 Å². The van der Waals surface area contributed by atoms with Crippen molar-refractivity contribution in [2.45, 2.75) is 19.0 Å². The molecule has 6 heteroatoms. The van der Waals surface area contributed by atoms with Crippen molar-refractivity contribution in [3.8, 4) is 0 Å². The van der Waals surface area contributed by atoms with Crippen molar-refractivity contribution >= 4 is 16.8 Å². The summed E-state index contributed by atoms with van der Waals surface area (Å²) in [4.78, 5) is 34.1. The normalized spacial score (nSPS) is 16.8. The summed E-state index contributed by atoms with van der Waals surface area (Å²) < 4.78 is 1.68. The number of nitrogens with zero attached hydrogens (tertiary/aromatic N) is 4. The zero-order valence-electron chi connectivity index (χ0n) is 16.2. The van der Waals surface area contributed by atoms with Gasteiger partial charge in [0.05, 0.1) is 23.3 Å². The molecule has 1 unspecified atom stereocenters. The van der Waals surface area contributed by atoms with Gasteiger partial charge in [0, 0.05) is 25.2 Å². The maximum atomic E-state index is 13.0. The molecule has 2 aromatic carbocycles. The molecule has 1 amide bonds. The second-order valence-corrected chi connectivity index (χ2v) is 7.61. The predicted molar refractivity (Wildman–Crippen MR) is 109 cm³/mol. The third kappa shape index (κ3) is 3.55. The smallest absolute Gasteiger partial charge is 0.261 e. The molecule has 0 bridgehead atoms. The standard InChI is InChI=1S/C22H24N4O2/c1-24(2)13-16-6-5-7-17(12-16)21(27)25-11-10-18(14-25)26-15-23-20-9-4-3-8-19(20)22(26)28/h3-9,12,15,18H,10-11,13-14H2,1-2H3. The van der Waals surface area contributed by atoms with Gasteiger partial charge in [-0.25, -0.2) is 4.98 Å². The van der Waals surface area contributed by atoms with Gasteiger partial charge in [-0.1, -0.05) is 24.3 Å². The summed E-state index contributed by atoms with van der Waals surface area (Å²) in [5, 5.41) is 0.617. The fraction of sp³-hybridized carbons (Fsp3) is 0.318. The van der Waals surface area contributed by atoms with Crippen LogP contribution in [0.1, 0.15) is 28.4 Å². The first-order chi connectivity index (χ1) is 13.5. The minimum Gasteiger partial charge on any atom is -0.336 e. The van der Waals surface area contributed by atoms with Gasteiger partial charge in [0.1, 0.15) is 0 Å². The van der Waals surface area contributed by atoms with Gasteiger partial charge in [-0.2, -0.15) is 0 Å². The SMILES string of the molecule is CN(C)Cc1cccc(C(=O)N2CCC(n3cnc4ccccc4c3=O)C2)c1. The van der Waals surface area contributed by atoms with Crippen LogP contribution in [0.3, 0.4) is 0 Å². The fourth-order valence-electron chi connectivity index (χ4n) is 3.85. The van der Waals surface area contributed by atoms with E-state index < -0.39 is 0 Å². The lowest BCUT2D eigenvalue weighted by Crippen LogP contribution is -2.31. The van der Waals surface area contributed by atoms with E-state index in [1.54, 1.807) is 17.0 Å². The maximum Gasteiger partial charge on any atom is 0.261 e. The minimum absolute atomic E-state index is 0.0184. The molecule has 1 aliphatic heterocycles. The van der Waals surface area contributed by atoms with Crippen molar-refractivity contribution in [3.05, 3.63) is 76.3 Å². The first-order valence-electron chi connectivity index (χ1n) is 9.52. The van der Waals surface area contributed by atoms with E-state index in [-0.39, 0.29) is 17.5 Å². The van der Waals surface area contributed by atoms with Gasteiger partial charge in [0.2, 0.25) is 0 Å². The van der Waals surface area contributed by atoms with Gasteiger partial charge in [-0.05, 0) is 50.3 Å². The summed E-state index contributed by atoms with van der Waals surface area (Å²) in [5.74, 6) is 0.0184. The number of rotatable bonds is 4. The first-order valence-corrected chi connectivity index (χ1v) is 9.52. The minimum atomic E-state index is -0.0436. The van der Waals surface area contributed by atoms with Crippen LogP contribution in [0.5, 0.6) is 0 Å². The number of benzene rings is 2. The zero-order chi connectivity index (χ0) is 19.7. The number of aromatic nitrogens is 2. The maximum absolute atomic E-state index is 13.0. The van der Waals surface area contributed by atoms with Crippen molar-refractivity contribution in [1.82, 2.24) is 19.4 Å². The van der Waals surface area contributed by atoms with E-state index in [9.17, 15) is 9.59 Å². The van der Waals surface area contributed by atoms with Gasteiger partial charge in [-0.15, -0.1) is 0 Å². The van der Waals surface area contributed by atoms with E-state index in [0.29, 0.717) is 29.6 Å². The summed E-state index contributed by atoms with van der Waals surface area (Å²) in [6, 6.07) is 15.1. The summed E-state index contributed by atoms with van der Waals surface area (Å²) in [6.07, 6.45) is 2.37. The Labute approximate surface area is 164 Å². The van der Waals surface area contributed by atoms with Crippen LogP contribution in [0.2, 0.25) is 0 Å². The molecule has 1 saturated heterocycles. The van der Waals surface area contributed by atoms with E-state index in [1.807, 2.05) is 61.5 Å². The molecule has 4 rings (SSSR count). The highest BCUT2D eigenvalue weighted by molar-refractivity contribution is 5.94. The topological polar surface area (TPSA) is 58.4 Å². The Balaban J connectivity index is 1.54. The monoisotopic (exact) mass is 376 g/mol. The molecule has 1 aliphatic rings. The highest BCUT2D eigenvalue weighted by Gasteiger charge is 2.29.